The van der Waals surface area contributed by atoms with Gasteiger partial charge in [-0.15, -0.1) is 0 Å². The number of carbonyl (C=O) groups is 1. The van der Waals surface area contributed by atoms with Gasteiger partial charge in [-0.1, -0.05) is 18.7 Å². The monoisotopic (exact) mass is 207 g/mol. The van der Waals surface area contributed by atoms with E-state index in [9.17, 15) is 9.18 Å². The molecule has 0 aliphatic carbocycles. The molecule has 0 aliphatic rings. The molecule has 0 spiro atoms. The lowest BCUT2D eigenvalue weighted by atomic mass is 10.1. The van der Waals surface area contributed by atoms with E-state index >= 15 is 0 Å². The zero-order chi connectivity index (χ0) is 11.4. The van der Waals surface area contributed by atoms with Gasteiger partial charge in [-0.2, -0.15) is 0 Å². The second-order valence-corrected chi connectivity index (χ2v) is 3.38. The van der Waals surface area contributed by atoms with Gasteiger partial charge >= 0.3 is 0 Å². The third-order valence-electron chi connectivity index (χ3n) is 2.46. The minimum atomic E-state index is -0.274. The number of carbonyl (C=O) groups excluding carboxylic acids is 1. The van der Waals surface area contributed by atoms with Gasteiger partial charge in [-0.3, -0.25) is 4.79 Å². The van der Waals surface area contributed by atoms with Crippen LogP contribution in [0, 0.1) is 5.82 Å². The van der Waals surface area contributed by atoms with Crippen LogP contribution in [0.1, 0.15) is 18.5 Å². The van der Waals surface area contributed by atoms with Crippen LogP contribution in [0.2, 0.25) is 0 Å². The van der Waals surface area contributed by atoms with E-state index in [4.69, 9.17) is 0 Å². The third-order valence-corrected chi connectivity index (χ3v) is 2.46. The lowest BCUT2D eigenvalue weighted by Gasteiger charge is -2.23. The van der Waals surface area contributed by atoms with E-state index in [2.05, 4.69) is 6.58 Å². The highest BCUT2D eigenvalue weighted by atomic mass is 19.1. The van der Waals surface area contributed by atoms with Crippen LogP contribution < -0.4 is 0 Å². The molecule has 1 rings (SSSR count). The molecule has 1 amide bonds. The molecule has 15 heavy (non-hydrogen) atoms. The van der Waals surface area contributed by atoms with Crippen LogP contribution in [0.15, 0.2) is 36.9 Å². The van der Waals surface area contributed by atoms with Crippen LogP contribution in [-0.2, 0) is 4.79 Å². The number of nitrogens with zero attached hydrogens (tertiary/aromatic N) is 1. The summed E-state index contributed by atoms with van der Waals surface area (Å²) in [5, 5.41) is 0. The fourth-order valence-electron chi connectivity index (χ4n) is 1.30. The Bertz CT molecular complexity index is 358. The summed E-state index contributed by atoms with van der Waals surface area (Å²) in [6, 6.07) is 6.03. The maximum atomic E-state index is 12.7. The van der Waals surface area contributed by atoms with Crippen molar-refractivity contribution >= 4 is 5.91 Å². The smallest absolute Gasteiger partial charge is 0.246 e. The van der Waals surface area contributed by atoms with Gasteiger partial charge in [0.2, 0.25) is 5.91 Å². The van der Waals surface area contributed by atoms with Crippen LogP contribution in [0.5, 0.6) is 0 Å². The molecule has 1 unspecified atom stereocenters. The van der Waals surface area contributed by atoms with Gasteiger partial charge in [-0.05, 0) is 30.7 Å². The number of rotatable bonds is 3. The zero-order valence-corrected chi connectivity index (χ0v) is 8.90. The van der Waals surface area contributed by atoms with Crippen molar-refractivity contribution in [2.45, 2.75) is 13.0 Å². The average Bonchev–Trinajstić information content (AvgIpc) is 2.27. The molecule has 1 aromatic rings. The van der Waals surface area contributed by atoms with Crippen LogP contribution >= 0.6 is 0 Å². The molecule has 0 bridgehead atoms. The summed E-state index contributed by atoms with van der Waals surface area (Å²) in [6.45, 7) is 5.30. The number of benzene rings is 1. The van der Waals surface area contributed by atoms with Crippen molar-refractivity contribution in [2.24, 2.45) is 0 Å². The molecule has 0 saturated carbocycles. The van der Waals surface area contributed by atoms with E-state index in [1.165, 1.54) is 18.2 Å². The van der Waals surface area contributed by atoms with Crippen LogP contribution in [0.3, 0.4) is 0 Å². The van der Waals surface area contributed by atoms with E-state index in [0.717, 1.165) is 5.56 Å². The normalized spacial score (nSPS) is 11.9. The van der Waals surface area contributed by atoms with E-state index in [0.29, 0.717) is 0 Å². The molecule has 0 aromatic heterocycles. The van der Waals surface area contributed by atoms with Crippen molar-refractivity contribution in [1.29, 1.82) is 0 Å². The molecule has 1 aromatic carbocycles. The molecule has 0 heterocycles. The van der Waals surface area contributed by atoms with Crippen LogP contribution in [-0.4, -0.2) is 17.9 Å². The predicted molar refractivity (Wildman–Crippen MR) is 57.8 cm³/mol. The number of hydrogen-bond donors (Lipinski definition) is 0. The first-order valence-electron chi connectivity index (χ1n) is 4.71. The van der Waals surface area contributed by atoms with Gasteiger partial charge in [-0.25, -0.2) is 4.39 Å². The summed E-state index contributed by atoms with van der Waals surface area (Å²) in [4.78, 5) is 12.9. The van der Waals surface area contributed by atoms with E-state index in [1.54, 1.807) is 24.1 Å². The summed E-state index contributed by atoms with van der Waals surface area (Å²) < 4.78 is 12.7. The summed E-state index contributed by atoms with van der Waals surface area (Å²) in [5.74, 6) is -0.421. The Hall–Kier alpha value is -1.64. The lowest BCUT2D eigenvalue weighted by Crippen LogP contribution is -2.27. The Labute approximate surface area is 89.0 Å². The van der Waals surface area contributed by atoms with Crippen molar-refractivity contribution < 1.29 is 9.18 Å². The molecule has 0 radical (unpaired) electrons. The first-order valence-corrected chi connectivity index (χ1v) is 4.71. The molecular formula is C12H14FNO. The second kappa shape index (κ2) is 4.73. The summed E-state index contributed by atoms with van der Waals surface area (Å²) >= 11 is 0. The molecule has 0 fully saturated rings. The standard InChI is InChI=1S/C12H14FNO/c1-4-12(15)14(3)9(2)10-5-7-11(13)8-6-10/h4-9H,1H2,2-3H3. The highest BCUT2D eigenvalue weighted by molar-refractivity contribution is 5.87. The largest absolute Gasteiger partial charge is 0.335 e. The van der Waals surface area contributed by atoms with Gasteiger partial charge < -0.3 is 4.90 Å². The summed E-state index contributed by atoms with van der Waals surface area (Å²) in [6.07, 6.45) is 1.26. The van der Waals surface area contributed by atoms with Gasteiger partial charge in [0.1, 0.15) is 5.82 Å². The van der Waals surface area contributed by atoms with Crippen molar-refractivity contribution in [3.05, 3.63) is 48.3 Å². The Kier molecular flexibility index (Phi) is 3.61. The van der Waals surface area contributed by atoms with E-state index in [1.807, 2.05) is 6.92 Å². The van der Waals surface area contributed by atoms with Crippen LogP contribution in [0.25, 0.3) is 0 Å². The Balaban J connectivity index is 2.84. The highest BCUT2D eigenvalue weighted by Crippen LogP contribution is 2.18. The Morgan fingerprint density at radius 2 is 2.00 bits per heavy atom. The molecule has 80 valence electrons. The van der Waals surface area contributed by atoms with Crippen molar-refractivity contribution in [2.75, 3.05) is 7.05 Å². The minimum absolute atomic E-state index is 0.0869. The second-order valence-electron chi connectivity index (χ2n) is 3.38. The number of amides is 1. The molecule has 0 aliphatic heterocycles. The Morgan fingerprint density at radius 3 is 2.47 bits per heavy atom. The van der Waals surface area contributed by atoms with E-state index in [-0.39, 0.29) is 17.8 Å². The first-order chi connectivity index (χ1) is 7.06. The quantitative estimate of drug-likeness (QED) is 0.697. The SMILES string of the molecule is C=CC(=O)N(C)C(C)c1ccc(F)cc1. The predicted octanol–water partition coefficient (Wildman–Crippen LogP) is 2.53. The fraction of sp³-hybridized carbons (Fsp3) is 0.250. The summed E-state index contributed by atoms with van der Waals surface area (Å²) in [5.41, 5.74) is 0.897. The van der Waals surface area contributed by atoms with Crippen molar-refractivity contribution in [3.8, 4) is 0 Å². The number of halogens is 1. The Morgan fingerprint density at radius 1 is 1.47 bits per heavy atom. The maximum Gasteiger partial charge on any atom is 0.246 e. The molecule has 2 nitrogen and oxygen atoms in total. The lowest BCUT2D eigenvalue weighted by molar-refractivity contribution is -0.126. The molecule has 1 atom stereocenters. The zero-order valence-electron chi connectivity index (χ0n) is 8.90. The molecule has 0 N–H and O–H groups in total. The van der Waals surface area contributed by atoms with Crippen molar-refractivity contribution in [1.82, 2.24) is 4.90 Å². The topological polar surface area (TPSA) is 20.3 Å². The first kappa shape index (κ1) is 11.4. The van der Waals surface area contributed by atoms with Gasteiger partial charge in [0.25, 0.3) is 0 Å². The van der Waals surface area contributed by atoms with Crippen molar-refractivity contribution in [3.63, 3.8) is 0 Å². The highest BCUT2D eigenvalue weighted by Gasteiger charge is 2.14. The fourth-order valence-corrected chi connectivity index (χ4v) is 1.30. The minimum Gasteiger partial charge on any atom is -0.335 e. The molecular weight excluding hydrogens is 193 g/mol. The van der Waals surface area contributed by atoms with Gasteiger partial charge in [0.05, 0.1) is 6.04 Å². The molecule has 3 heteroatoms. The number of hydrogen-bond acceptors (Lipinski definition) is 1. The maximum absolute atomic E-state index is 12.7. The van der Waals surface area contributed by atoms with Gasteiger partial charge in [0, 0.05) is 7.05 Å². The summed E-state index contributed by atoms with van der Waals surface area (Å²) in [7, 11) is 1.69. The van der Waals surface area contributed by atoms with E-state index < -0.39 is 0 Å². The average molecular weight is 207 g/mol. The third kappa shape index (κ3) is 2.65. The molecule has 0 saturated heterocycles. The van der Waals surface area contributed by atoms with Gasteiger partial charge in [0.15, 0.2) is 0 Å². The number of likely N-dealkylation sites (N-methyl/N-ethyl adjacent to an activating group) is 1. The van der Waals surface area contributed by atoms with Crippen LogP contribution in [0.4, 0.5) is 4.39 Å².